The van der Waals surface area contributed by atoms with Gasteiger partial charge in [-0.3, -0.25) is 4.79 Å². The van der Waals surface area contributed by atoms with Crippen LogP contribution in [0.4, 0.5) is 5.82 Å². The fourth-order valence-corrected chi connectivity index (χ4v) is 4.07. The van der Waals surface area contributed by atoms with Gasteiger partial charge in [0.1, 0.15) is 5.82 Å². The van der Waals surface area contributed by atoms with Crippen molar-refractivity contribution in [1.29, 1.82) is 0 Å². The number of carbonyl (C=O) groups excluding carboxylic acids is 1. The van der Waals surface area contributed by atoms with Gasteiger partial charge >= 0.3 is 0 Å². The summed E-state index contributed by atoms with van der Waals surface area (Å²) in [5, 5.41) is 8.01. The van der Waals surface area contributed by atoms with E-state index in [4.69, 9.17) is 4.98 Å². The molecule has 0 spiro atoms. The molecule has 4 nitrogen and oxygen atoms in total. The molecule has 1 aromatic heterocycles. The van der Waals surface area contributed by atoms with Gasteiger partial charge < -0.3 is 10.6 Å². The molecule has 4 heteroatoms. The minimum atomic E-state index is 0.0342. The average molecular weight is 374 g/mol. The second-order valence-corrected chi connectivity index (χ2v) is 7.88. The van der Waals surface area contributed by atoms with Crippen LogP contribution in [0.1, 0.15) is 47.2 Å². The van der Waals surface area contributed by atoms with Gasteiger partial charge in [-0.05, 0) is 69.4 Å². The number of pyridine rings is 1. The van der Waals surface area contributed by atoms with Gasteiger partial charge in [0.2, 0.25) is 0 Å². The van der Waals surface area contributed by atoms with Crippen LogP contribution in [0.3, 0.4) is 0 Å². The molecule has 0 bridgehead atoms. The van der Waals surface area contributed by atoms with E-state index in [1.165, 1.54) is 10.9 Å². The summed E-state index contributed by atoms with van der Waals surface area (Å²) in [5.41, 5.74) is 4.13. The molecule has 1 heterocycles. The normalized spacial score (nSPS) is 19.4. The molecule has 0 atom stereocenters. The summed E-state index contributed by atoms with van der Waals surface area (Å²) in [6, 6.07) is 18.8. The number of amides is 1. The molecule has 1 aliphatic carbocycles. The molecule has 1 aliphatic rings. The number of fused-ring (bicyclic) bond motifs is 1. The number of aryl methyl sites for hydroxylation is 2. The lowest BCUT2D eigenvalue weighted by molar-refractivity contribution is 0.0926. The first-order chi connectivity index (χ1) is 13.6. The number of aromatic nitrogens is 1. The molecular formula is C24H27N3O. The molecule has 28 heavy (non-hydrogen) atoms. The van der Waals surface area contributed by atoms with Crippen molar-refractivity contribution < 1.29 is 4.79 Å². The maximum Gasteiger partial charge on any atom is 0.251 e. The number of nitrogens with one attached hydrogen (secondary N) is 2. The first kappa shape index (κ1) is 18.5. The van der Waals surface area contributed by atoms with Gasteiger partial charge in [-0.2, -0.15) is 0 Å². The first-order valence-electron chi connectivity index (χ1n) is 10.1. The van der Waals surface area contributed by atoms with Gasteiger partial charge in [-0.25, -0.2) is 4.98 Å². The van der Waals surface area contributed by atoms with Gasteiger partial charge in [0.25, 0.3) is 5.91 Å². The minimum Gasteiger partial charge on any atom is -0.367 e. The van der Waals surface area contributed by atoms with Gasteiger partial charge in [-0.15, -0.1) is 0 Å². The van der Waals surface area contributed by atoms with Crippen molar-refractivity contribution in [3.63, 3.8) is 0 Å². The number of rotatable bonds is 4. The molecule has 0 radical (unpaired) electrons. The van der Waals surface area contributed by atoms with Crippen molar-refractivity contribution in [1.82, 2.24) is 10.3 Å². The fourth-order valence-electron chi connectivity index (χ4n) is 4.07. The van der Waals surface area contributed by atoms with Crippen molar-refractivity contribution in [2.24, 2.45) is 0 Å². The zero-order valence-corrected chi connectivity index (χ0v) is 16.5. The third-order valence-corrected chi connectivity index (χ3v) is 5.62. The smallest absolute Gasteiger partial charge is 0.251 e. The van der Waals surface area contributed by atoms with Gasteiger partial charge in [0.15, 0.2) is 0 Å². The van der Waals surface area contributed by atoms with Crippen molar-refractivity contribution in [3.05, 3.63) is 71.3 Å². The van der Waals surface area contributed by atoms with E-state index in [9.17, 15) is 4.79 Å². The van der Waals surface area contributed by atoms with E-state index in [1.807, 2.05) is 37.3 Å². The average Bonchev–Trinajstić information content (AvgIpc) is 2.69. The fraction of sp³-hybridized carbons (Fsp3) is 0.333. The molecule has 0 saturated heterocycles. The topological polar surface area (TPSA) is 54.0 Å². The Kier molecular flexibility index (Phi) is 5.29. The highest BCUT2D eigenvalue weighted by Gasteiger charge is 2.23. The third kappa shape index (κ3) is 4.16. The first-order valence-corrected chi connectivity index (χ1v) is 10.1. The van der Waals surface area contributed by atoms with E-state index in [1.54, 1.807) is 0 Å². The quantitative estimate of drug-likeness (QED) is 0.676. The van der Waals surface area contributed by atoms with Gasteiger partial charge in [0, 0.05) is 23.0 Å². The van der Waals surface area contributed by atoms with Crippen LogP contribution >= 0.6 is 0 Å². The SMILES string of the molecule is Cc1cccc(C(=O)N[C@H]2CC[C@@H](Nc3cc(C)c4ccccc4n3)CC2)c1. The van der Waals surface area contributed by atoms with Crippen LogP contribution < -0.4 is 10.6 Å². The number of nitrogens with zero attached hydrogens (tertiary/aromatic N) is 1. The van der Waals surface area contributed by atoms with E-state index >= 15 is 0 Å². The molecule has 4 rings (SSSR count). The maximum atomic E-state index is 12.5. The van der Waals surface area contributed by atoms with Crippen LogP contribution in [0.15, 0.2) is 54.6 Å². The lowest BCUT2D eigenvalue weighted by atomic mass is 9.91. The maximum absolute atomic E-state index is 12.5. The highest BCUT2D eigenvalue weighted by molar-refractivity contribution is 5.94. The zero-order chi connectivity index (χ0) is 19.5. The van der Waals surface area contributed by atoms with E-state index in [0.717, 1.165) is 48.1 Å². The largest absolute Gasteiger partial charge is 0.367 e. The summed E-state index contributed by atoms with van der Waals surface area (Å²) in [4.78, 5) is 17.2. The van der Waals surface area contributed by atoms with Crippen molar-refractivity contribution >= 4 is 22.6 Å². The van der Waals surface area contributed by atoms with E-state index in [2.05, 4.69) is 41.8 Å². The summed E-state index contributed by atoms with van der Waals surface area (Å²) in [5.74, 6) is 0.982. The van der Waals surface area contributed by atoms with E-state index < -0.39 is 0 Å². The predicted octanol–water partition coefficient (Wildman–Crippen LogP) is 5.00. The molecule has 0 unspecified atom stereocenters. The lowest BCUT2D eigenvalue weighted by Crippen LogP contribution is -2.40. The standard InChI is InChI=1S/C24H27N3O/c1-16-6-5-7-18(14-16)24(28)26-20-12-10-19(11-13-20)25-23-15-17(2)21-8-3-4-9-22(21)27-23/h3-9,14-15,19-20H,10-13H2,1-2H3,(H,25,27)(H,26,28)/t19-,20+. The van der Waals surface area contributed by atoms with E-state index in [0.29, 0.717) is 6.04 Å². The molecular weight excluding hydrogens is 346 g/mol. The number of benzene rings is 2. The Morgan fingerprint density at radius 1 is 0.929 bits per heavy atom. The number of hydrogen-bond acceptors (Lipinski definition) is 3. The third-order valence-electron chi connectivity index (χ3n) is 5.62. The van der Waals surface area contributed by atoms with Gasteiger partial charge in [0.05, 0.1) is 5.52 Å². The Morgan fingerprint density at radius 2 is 1.68 bits per heavy atom. The summed E-state index contributed by atoms with van der Waals surface area (Å²) in [7, 11) is 0. The molecule has 1 fully saturated rings. The number of anilines is 1. The van der Waals surface area contributed by atoms with Crippen molar-refractivity contribution in [2.45, 2.75) is 51.6 Å². The van der Waals surface area contributed by atoms with Crippen molar-refractivity contribution in [2.75, 3.05) is 5.32 Å². The Labute approximate surface area is 166 Å². The summed E-state index contributed by atoms with van der Waals surface area (Å²) in [6.45, 7) is 4.14. The Hall–Kier alpha value is -2.88. The van der Waals surface area contributed by atoms with Crippen LogP contribution in [-0.2, 0) is 0 Å². The molecule has 3 aromatic rings. The van der Waals surface area contributed by atoms with Crippen LogP contribution in [0.25, 0.3) is 10.9 Å². The monoisotopic (exact) mass is 373 g/mol. The van der Waals surface area contributed by atoms with Crippen LogP contribution in [-0.4, -0.2) is 23.0 Å². The van der Waals surface area contributed by atoms with Crippen LogP contribution in [0.2, 0.25) is 0 Å². The van der Waals surface area contributed by atoms with Crippen LogP contribution in [0.5, 0.6) is 0 Å². The minimum absolute atomic E-state index is 0.0342. The molecule has 2 aromatic carbocycles. The lowest BCUT2D eigenvalue weighted by Gasteiger charge is -2.30. The molecule has 1 amide bonds. The second kappa shape index (κ2) is 8.01. The number of para-hydroxylation sites is 1. The molecule has 2 N–H and O–H groups in total. The predicted molar refractivity (Wildman–Crippen MR) is 115 cm³/mol. The second-order valence-electron chi connectivity index (χ2n) is 7.88. The van der Waals surface area contributed by atoms with Gasteiger partial charge in [-0.1, -0.05) is 35.9 Å². The Balaban J connectivity index is 1.34. The highest BCUT2D eigenvalue weighted by Crippen LogP contribution is 2.25. The Morgan fingerprint density at radius 3 is 2.46 bits per heavy atom. The summed E-state index contributed by atoms with van der Waals surface area (Å²) < 4.78 is 0. The summed E-state index contributed by atoms with van der Waals surface area (Å²) >= 11 is 0. The molecule has 1 saturated carbocycles. The Bertz CT molecular complexity index is 990. The van der Waals surface area contributed by atoms with Crippen LogP contribution in [0, 0.1) is 13.8 Å². The number of carbonyl (C=O) groups is 1. The molecule has 0 aliphatic heterocycles. The van der Waals surface area contributed by atoms with E-state index in [-0.39, 0.29) is 11.9 Å². The highest BCUT2D eigenvalue weighted by atomic mass is 16.1. The molecule has 144 valence electrons. The number of hydrogen-bond donors (Lipinski definition) is 2. The summed E-state index contributed by atoms with van der Waals surface area (Å²) in [6.07, 6.45) is 4.04. The van der Waals surface area contributed by atoms with Crippen molar-refractivity contribution in [3.8, 4) is 0 Å². The zero-order valence-electron chi connectivity index (χ0n) is 16.5.